The molecule has 0 spiro atoms. The Morgan fingerprint density at radius 3 is 1.64 bits per heavy atom. The molecule has 0 amide bonds. The predicted molar refractivity (Wildman–Crippen MR) is 48.9 cm³/mol. The molecule has 3 heteroatoms. The van der Waals surface area contributed by atoms with Crippen molar-refractivity contribution in [1.29, 1.82) is 0 Å². The van der Waals surface area contributed by atoms with Gasteiger partial charge in [-0.2, -0.15) is 0 Å². The average Bonchev–Trinajstić information content (AvgIpc) is 1.85. The van der Waals surface area contributed by atoms with Gasteiger partial charge >= 0.3 is 0 Å². The number of rotatable bonds is 5. The Bertz CT molecular complexity index is 90.0. The molecule has 0 aromatic carbocycles. The Labute approximate surface area is 69.7 Å². The van der Waals surface area contributed by atoms with Crippen LogP contribution in [0.5, 0.6) is 0 Å². The third-order valence-corrected chi connectivity index (χ3v) is 1.67. The first-order valence-electron chi connectivity index (χ1n) is 4.35. The van der Waals surface area contributed by atoms with Crippen LogP contribution in [-0.2, 0) is 0 Å². The highest BCUT2D eigenvalue weighted by Gasteiger charge is 2.19. The molecule has 0 aliphatic carbocycles. The molecular formula is C8H21N3. The summed E-state index contributed by atoms with van der Waals surface area (Å²) in [6, 6.07) is 0. The van der Waals surface area contributed by atoms with Gasteiger partial charge in [-0.05, 0) is 19.8 Å². The van der Waals surface area contributed by atoms with E-state index in [1.165, 1.54) is 0 Å². The molecule has 3 nitrogen and oxygen atoms in total. The minimum atomic E-state index is -0.647. The van der Waals surface area contributed by atoms with Gasteiger partial charge in [-0.1, -0.05) is 13.8 Å². The van der Waals surface area contributed by atoms with Gasteiger partial charge in [0.15, 0.2) is 0 Å². The van der Waals surface area contributed by atoms with Gasteiger partial charge in [0.25, 0.3) is 0 Å². The normalized spacial score (nSPS) is 12.5. The van der Waals surface area contributed by atoms with E-state index in [-0.39, 0.29) is 0 Å². The topological polar surface area (TPSA) is 55.3 Å². The molecular weight excluding hydrogens is 138 g/mol. The summed E-state index contributed by atoms with van der Waals surface area (Å²) in [4.78, 5) is 2.10. The highest BCUT2D eigenvalue weighted by molar-refractivity contribution is 4.71. The van der Waals surface area contributed by atoms with E-state index >= 15 is 0 Å². The second-order valence-corrected chi connectivity index (χ2v) is 3.21. The molecule has 0 saturated heterocycles. The van der Waals surface area contributed by atoms with Gasteiger partial charge in [-0.15, -0.1) is 0 Å². The van der Waals surface area contributed by atoms with E-state index in [0.717, 1.165) is 25.9 Å². The van der Waals surface area contributed by atoms with Gasteiger partial charge < -0.3 is 11.5 Å². The Morgan fingerprint density at radius 1 is 1.09 bits per heavy atom. The standard InChI is InChI=1S/C8H21N3/c1-4-6-11(7-5-2)8(3,9)10/h4-7,9-10H2,1-3H3. The van der Waals surface area contributed by atoms with Crippen LogP contribution in [0, 0.1) is 0 Å². The molecule has 0 aliphatic heterocycles. The van der Waals surface area contributed by atoms with Crippen molar-refractivity contribution < 1.29 is 0 Å². The molecule has 0 fully saturated rings. The summed E-state index contributed by atoms with van der Waals surface area (Å²) in [5.41, 5.74) is 11.5. The average molecular weight is 159 g/mol. The van der Waals surface area contributed by atoms with Crippen molar-refractivity contribution in [3.05, 3.63) is 0 Å². The maximum absolute atomic E-state index is 5.76. The molecule has 0 heterocycles. The van der Waals surface area contributed by atoms with E-state index in [1.54, 1.807) is 0 Å². The zero-order valence-electron chi connectivity index (χ0n) is 7.93. The van der Waals surface area contributed by atoms with Gasteiger partial charge in [0, 0.05) is 13.1 Å². The molecule has 68 valence electrons. The number of hydrogen-bond donors (Lipinski definition) is 2. The van der Waals surface area contributed by atoms with Crippen molar-refractivity contribution in [2.45, 2.75) is 39.4 Å². The van der Waals surface area contributed by atoms with Crippen LogP contribution in [0.15, 0.2) is 0 Å². The summed E-state index contributed by atoms with van der Waals surface area (Å²) in [6.07, 6.45) is 2.20. The first-order valence-corrected chi connectivity index (χ1v) is 4.35. The molecule has 0 radical (unpaired) electrons. The molecule has 0 aromatic rings. The second kappa shape index (κ2) is 4.70. The summed E-state index contributed by atoms with van der Waals surface area (Å²) < 4.78 is 0. The van der Waals surface area contributed by atoms with Crippen LogP contribution in [-0.4, -0.2) is 23.8 Å². The zero-order chi connectivity index (χ0) is 8.91. The van der Waals surface area contributed by atoms with E-state index in [1.807, 2.05) is 6.92 Å². The summed E-state index contributed by atoms with van der Waals surface area (Å²) >= 11 is 0. The second-order valence-electron chi connectivity index (χ2n) is 3.21. The van der Waals surface area contributed by atoms with Crippen LogP contribution in [0.25, 0.3) is 0 Å². The highest BCUT2D eigenvalue weighted by Crippen LogP contribution is 2.02. The lowest BCUT2D eigenvalue weighted by molar-refractivity contribution is 0.114. The highest BCUT2D eigenvalue weighted by atomic mass is 15.3. The largest absolute Gasteiger partial charge is 0.301 e. The van der Waals surface area contributed by atoms with Gasteiger partial charge in [0.1, 0.15) is 5.79 Å². The number of nitrogens with zero attached hydrogens (tertiary/aromatic N) is 1. The Hall–Kier alpha value is -0.120. The summed E-state index contributed by atoms with van der Waals surface area (Å²) in [6.45, 7) is 8.08. The summed E-state index contributed by atoms with van der Waals surface area (Å²) in [7, 11) is 0. The Morgan fingerprint density at radius 2 is 1.45 bits per heavy atom. The van der Waals surface area contributed by atoms with Crippen LogP contribution >= 0.6 is 0 Å². The Balaban J connectivity index is 3.88. The minimum Gasteiger partial charge on any atom is -0.301 e. The van der Waals surface area contributed by atoms with Crippen molar-refractivity contribution in [3.8, 4) is 0 Å². The monoisotopic (exact) mass is 159 g/mol. The van der Waals surface area contributed by atoms with Crippen LogP contribution in [0.4, 0.5) is 0 Å². The first-order chi connectivity index (χ1) is 5.02. The lowest BCUT2D eigenvalue weighted by atomic mass is 10.3. The number of nitrogens with two attached hydrogens (primary N) is 2. The third kappa shape index (κ3) is 4.35. The van der Waals surface area contributed by atoms with Gasteiger partial charge in [0.05, 0.1) is 0 Å². The molecule has 0 aromatic heterocycles. The fourth-order valence-electron chi connectivity index (χ4n) is 1.13. The van der Waals surface area contributed by atoms with Crippen molar-refractivity contribution in [3.63, 3.8) is 0 Å². The maximum atomic E-state index is 5.76. The van der Waals surface area contributed by atoms with E-state index in [4.69, 9.17) is 11.5 Å². The molecule has 4 N–H and O–H groups in total. The first kappa shape index (κ1) is 10.9. The summed E-state index contributed by atoms with van der Waals surface area (Å²) in [5.74, 6) is -0.647. The van der Waals surface area contributed by atoms with Crippen molar-refractivity contribution in [2.75, 3.05) is 13.1 Å². The maximum Gasteiger partial charge on any atom is 0.117 e. The van der Waals surface area contributed by atoms with Crippen molar-refractivity contribution in [2.24, 2.45) is 11.5 Å². The van der Waals surface area contributed by atoms with Crippen LogP contribution in [0.2, 0.25) is 0 Å². The van der Waals surface area contributed by atoms with Gasteiger partial charge in [0.2, 0.25) is 0 Å². The van der Waals surface area contributed by atoms with Gasteiger partial charge in [-0.3, -0.25) is 4.90 Å². The van der Waals surface area contributed by atoms with Crippen LogP contribution in [0.1, 0.15) is 33.6 Å². The fraction of sp³-hybridized carbons (Fsp3) is 1.00. The molecule has 0 bridgehead atoms. The predicted octanol–water partition coefficient (Wildman–Crippen LogP) is 0.700. The number of hydrogen-bond acceptors (Lipinski definition) is 3. The zero-order valence-corrected chi connectivity index (χ0v) is 7.93. The van der Waals surface area contributed by atoms with Gasteiger partial charge in [-0.25, -0.2) is 0 Å². The van der Waals surface area contributed by atoms with Crippen molar-refractivity contribution in [1.82, 2.24) is 4.90 Å². The van der Waals surface area contributed by atoms with Crippen molar-refractivity contribution >= 4 is 0 Å². The Kier molecular flexibility index (Phi) is 4.65. The molecule has 0 saturated carbocycles. The van der Waals surface area contributed by atoms with E-state index in [0.29, 0.717) is 0 Å². The molecule has 0 aliphatic rings. The lowest BCUT2D eigenvalue weighted by Crippen LogP contribution is -2.61. The van der Waals surface area contributed by atoms with Crippen LogP contribution < -0.4 is 11.5 Å². The molecule has 0 atom stereocenters. The summed E-state index contributed by atoms with van der Waals surface area (Å²) in [5, 5.41) is 0. The quantitative estimate of drug-likeness (QED) is 0.581. The molecule has 11 heavy (non-hydrogen) atoms. The van der Waals surface area contributed by atoms with E-state index in [2.05, 4.69) is 18.7 Å². The molecule has 0 unspecified atom stereocenters. The van der Waals surface area contributed by atoms with Crippen LogP contribution in [0.3, 0.4) is 0 Å². The SMILES string of the molecule is CCCN(CCC)C(C)(N)N. The van der Waals surface area contributed by atoms with E-state index < -0.39 is 5.79 Å². The lowest BCUT2D eigenvalue weighted by Gasteiger charge is -2.34. The third-order valence-electron chi connectivity index (χ3n) is 1.67. The fourth-order valence-corrected chi connectivity index (χ4v) is 1.13. The minimum absolute atomic E-state index is 0.647. The van der Waals surface area contributed by atoms with E-state index in [9.17, 15) is 0 Å². The smallest absolute Gasteiger partial charge is 0.117 e. The molecule has 0 rings (SSSR count).